The van der Waals surface area contributed by atoms with Crippen molar-refractivity contribution in [3.05, 3.63) is 24.3 Å². The van der Waals surface area contributed by atoms with Crippen LogP contribution in [0, 0.1) is 0 Å². The summed E-state index contributed by atoms with van der Waals surface area (Å²) in [6.45, 7) is 2.31. The topological polar surface area (TPSA) is 58.4 Å². The standard InChI is InChI=1S/C17H21N3O2S/c21-16(18-12-8-10-20-9-4-3-6-14(12)20)11-23-17-19-13-5-1-2-7-15(13)22-17/h1-2,5,7,12,14H,3-4,6,8-11H2,(H,18,21)/t12-,14+/m0/s1. The van der Waals surface area contributed by atoms with E-state index in [0.717, 1.165) is 24.1 Å². The third kappa shape index (κ3) is 3.23. The van der Waals surface area contributed by atoms with E-state index in [4.69, 9.17) is 4.42 Å². The predicted octanol–water partition coefficient (Wildman–Crippen LogP) is 2.66. The van der Waals surface area contributed by atoms with Crippen molar-refractivity contribution in [1.29, 1.82) is 0 Å². The van der Waals surface area contributed by atoms with Crippen molar-refractivity contribution in [2.45, 2.75) is 43.0 Å². The third-order valence-corrected chi connectivity index (χ3v) is 5.63. The van der Waals surface area contributed by atoms with Crippen LogP contribution in [0.4, 0.5) is 0 Å². The first-order valence-electron chi connectivity index (χ1n) is 8.31. The lowest BCUT2D eigenvalue weighted by molar-refractivity contribution is -0.119. The quantitative estimate of drug-likeness (QED) is 0.873. The first-order valence-corrected chi connectivity index (χ1v) is 9.30. The molecule has 2 aliphatic rings. The Labute approximate surface area is 139 Å². The number of fused-ring (bicyclic) bond motifs is 2. The summed E-state index contributed by atoms with van der Waals surface area (Å²) in [5.41, 5.74) is 1.60. The minimum atomic E-state index is 0.0784. The van der Waals surface area contributed by atoms with Gasteiger partial charge in [0.1, 0.15) is 5.52 Å². The molecule has 2 saturated heterocycles. The molecule has 0 aliphatic carbocycles. The molecule has 2 aliphatic heterocycles. The van der Waals surface area contributed by atoms with Crippen LogP contribution in [0.3, 0.4) is 0 Å². The van der Waals surface area contributed by atoms with Gasteiger partial charge in [0.25, 0.3) is 5.22 Å². The van der Waals surface area contributed by atoms with Gasteiger partial charge in [-0.15, -0.1) is 0 Å². The van der Waals surface area contributed by atoms with Crippen LogP contribution in [-0.2, 0) is 4.79 Å². The lowest BCUT2D eigenvalue weighted by Crippen LogP contribution is -2.47. The van der Waals surface area contributed by atoms with E-state index in [1.807, 2.05) is 24.3 Å². The Kier molecular flexibility index (Phi) is 4.27. The lowest BCUT2D eigenvalue weighted by Gasteiger charge is -2.32. The number of oxazole rings is 1. The molecule has 1 aromatic heterocycles. The summed E-state index contributed by atoms with van der Waals surface area (Å²) in [7, 11) is 0. The fourth-order valence-corrected chi connectivity index (χ4v) is 4.35. The number of rotatable bonds is 4. The Morgan fingerprint density at radius 2 is 2.22 bits per heavy atom. The van der Waals surface area contributed by atoms with Crippen molar-refractivity contribution >= 4 is 28.8 Å². The van der Waals surface area contributed by atoms with Crippen LogP contribution in [0.1, 0.15) is 25.7 Å². The monoisotopic (exact) mass is 331 g/mol. The Hall–Kier alpha value is -1.53. The normalized spacial score (nSPS) is 24.7. The van der Waals surface area contributed by atoms with Crippen LogP contribution < -0.4 is 5.32 Å². The summed E-state index contributed by atoms with van der Waals surface area (Å²) in [5, 5.41) is 3.77. The Bertz CT molecular complexity index is 669. The first kappa shape index (κ1) is 15.0. The number of thioether (sulfide) groups is 1. The number of nitrogens with one attached hydrogen (secondary N) is 1. The van der Waals surface area contributed by atoms with Crippen LogP contribution in [0.2, 0.25) is 0 Å². The van der Waals surface area contributed by atoms with Crippen molar-refractivity contribution in [1.82, 2.24) is 15.2 Å². The molecular formula is C17H21N3O2S. The van der Waals surface area contributed by atoms with Crippen molar-refractivity contribution in [2.75, 3.05) is 18.8 Å². The molecule has 1 aromatic carbocycles. The molecule has 1 amide bonds. The van der Waals surface area contributed by atoms with Gasteiger partial charge in [-0.3, -0.25) is 9.69 Å². The molecule has 3 heterocycles. The molecule has 0 saturated carbocycles. The number of aromatic nitrogens is 1. The van der Waals surface area contributed by atoms with Crippen LogP contribution in [0.15, 0.2) is 33.9 Å². The molecule has 0 radical (unpaired) electrons. The molecule has 0 bridgehead atoms. The highest BCUT2D eigenvalue weighted by molar-refractivity contribution is 7.99. The van der Waals surface area contributed by atoms with Gasteiger partial charge in [0.15, 0.2) is 5.58 Å². The number of carbonyl (C=O) groups excluding carboxylic acids is 1. The molecule has 6 heteroatoms. The van der Waals surface area contributed by atoms with Crippen LogP contribution in [0.25, 0.3) is 11.1 Å². The molecular weight excluding hydrogens is 310 g/mol. The van der Waals surface area contributed by atoms with E-state index in [1.165, 1.54) is 37.6 Å². The van der Waals surface area contributed by atoms with Crippen molar-refractivity contribution in [3.8, 4) is 0 Å². The zero-order valence-electron chi connectivity index (χ0n) is 13.0. The fraction of sp³-hybridized carbons (Fsp3) is 0.529. The molecule has 0 unspecified atom stereocenters. The number of hydrogen-bond donors (Lipinski definition) is 1. The second-order valence-corrected chi connectivity index (χ2v) is 7.22. The maximum absolute atomic E-state index is 12.2. The van der Waals surface area contributed by atoms with E-state index in [9.17, 15) is 4.79 Å². The lowest BCUT2D eigenvalue weighted by atomic mass is 9.99. The van der Waals surface area contributed by atoms with Crippen molar-refractivity contribution in [3.63, 3.8) is 0 Å². The van der Waals surface area contributed by atoms with Gasteiger partial charge in [0.05, 0.1) is 5.75 Å². The minimum Gasteiger partial charge on any atom is -0.431 e. The van der Waals surface area contributed by atoms with E-state index >= 15 is 0 Å². The first-order chi connectivity index (χ1) is 11.3. The van der Waals surface area contributed by atoms with Gasteiger partial charge in [-0.1, -0.05) is 30.3 Å². The van der Waals surface area contributed by atoms with E-state index in [-0.39, 0.29) is 5.91 Å². The molecule has 23 heavy (non-hydrogen) atoms. The Balaban J connectivity index is 1.31. The Morgan fingerprint density at radius 1 is 1.30 bits per heavy atom. The summed E-state index contributed by atoms with van der Waals surface area (Å²) in [6.07, 6.45) is 4.86. The highest BCUT2D eigenvalue weighted by Gasteiger charge is 2.36. The largest absolute Gasteiger partial charge is 0.431 e. The molecule has 5 nitrogen and oxygen atoms in total. The summed E-state index contributed by atoms with van der Waals surface area (Å²) in [4.78, 5) is 19.2. The number of nitrogens with zero attached hydrogens (tertiary/aromatic N) is 2. The second-order valence-electron chi connectivity index (χ2n) is 6.30. The Morgan fingerprint density at radius 3 is 3.13 bits per heavy atom. The second kappa shape index (κ2) is 6.53. The van der Waals surface area contributed by atoms with Crippen LogP contribution >= 0.6 is 11.8 Å². The third-order valence-electron chi connectivity index (χ3n) is 4.80. The number of hydrogen-bond acceptors (Lipinski definition) is 5. The highest BCUT2D eigenvalue weighted by atomic mass is 32.2. The van der Waals surface area contributed by atoms with Gasteiger partial charge in [0, 0.05) is 18.6 Å². The maximum atomic E-state index is 12.2. The molecule has 122 valence electrons. The summed E-state index contributed by atoms with van der Waals surface area (Å²) >= 11 is 1.36. The molecule has 2 atom stereocenters. The number of piperidine rings is 1. The van der Waals surface area contributed by atoms with Crippen molar-refractivity contribution in [2.24, 2.45) is 0 Å². The summed E-state index contributed by atoms with van der Waals surface area (Å²) < 4.78 is 5.64. The summed E-state index contributed by atoms with van der Waals surface area (Å²) in [5.74, 6) is 0.436. The molecule has 4 rings (SSSR count). The average molecular weight is 331 g/mol. The average Bonchev–Trinajstić information content (AvgIpc) is 3.17. The number of carbonyl (C=O) groups is 1. The zero-order chi connectivity index (χ0) is 15.6. The van der Waals surface area contributed by atoms with Gasteiger partial charge in [-0.05, 0) is 37.9 Å². The molecule has 1 N–H and O–H groups in total. The fourth-order valence-electron chi connectivity index (χ4n) is 3.70. The highest BCUT2D eigenvalue weighted by Crippen LogP contribution is 2.27. The van der Waals surface area contributed by atoms with Gasteiger partial charge >= 0.3 is 0 Å². The van der Waals surface area contributed by atoms with Crippen molar-refractivity contribution < 1.29 is 9.21 Å². The van der Waals surface area contributed by atoms with E-state index in [1.54, 1.807) is 0 Å². The smallest absolute Gasteiger partial charge is 0.257 e. The number of para-hydroxylation sites is 2. The van der Waals surface area contributed by atoms with Gasteiger partial charge in [-0.25, -0.2) is 4.98 Å². The molecule has 2 aromatic rings. The van der Waals surface area contributed by atoms with Gasteiger partial charge in [0.2, 0.25) is 5.91 Å². The molecule has 0 spiro atoms. The van der Waals surface area contributed by atoms with Gasteiger partial charge < -0.3 is 9.73 Å². The van der Waals surface area contributed by atoms with Gasteiger partial charge in [-0.2, -0.15) is 0 Å². The maximum Gasteiger partial charge on any atom is 0.257 e. The summed E-state index contributed by atoms with van der Waals surface area (Å²) in [6, 6.07) is 8.52. The van der Waals surface area contributed by atoms with Crippen LogP contribution in [-0.4, -0.2) is 46.7 Å². The molecule has 2 fully saturated rings. The SMILES string of the molecule is O=C(CSc1nc2ccccc2o1)N[C@H]1CCN2CCCC[C@H]12. The van der Waals surface area contributed by atoms with E-state index in [0.29, 0.717) is 23.1 Å². The minimum absolute atomic E-state index is 0.0784. The van der Waals surface area contributed by atoms with Crippen LogP contribution in [0.5, 0.6) is 0 Å². The zero-order valence-corrected chi connectivity index (χ0v) is 13.8. The predicted molar refractivity (Wildman–Crippen MR) is 90.5 cm³/mol. The van der Waals surface area contributed by atoms with E-state index in [2.05, 4.69) is 15.2 Å². The number of amides is 1. The van der Waals surface area contributed by atoms with E-state index < -0.39 is 0 Å². The number of benzene rings is 1.